The van der Waals surface area contributed by atoms with Crippen LogP contribution in [-0.2, 0) is 81.6 Å². The summed E-state index contributed by atoms with van der Waals surface area (Å²) in [4.78, 5) is 18.3. The average Bonchev–Trinajstić information content (AvgIpc) is 2.13. The smallest absolute Gasteiger partial charge is 0.759 e. The fourth-order valence-electron chi connectivity index (χ4n) is 0. The summed E-state index contributed by atoms with van der Waals surface area (Å²) >= 11 is 0. The van der Waals surface area contributed by atoms with Gasteiger partial charge in [-0.05, 0) is 0 Å². The number of nitrogens with two attached hydrogens (primary N) is 2. The van der Waals surface area contributed by atoms with Crippen LogP contribution in [0.25, 0.3) is 0 Å². The summed E-state index contributed by atoms with van der Waals surface area (Å²) in [5.41, 5.74) is 9.02. The molecule has 0 aromatic rings. The molecular weight excluding hydrogens is 555 g/mol. The zero-order valence-corrected chi connectivity index (χ0v) is 15.6. The Hall–Kier alpha value is 0.0784. The molecule has 0 saturated heterocycles. The predicted octanol–water partition coefficient (Wildman–Crippen LogP) is -8.94. The van der Waals surface area contributed by atoms with E-state index < -0.39 is 32.7 Å². The maximum atomic E-state index is 9.13. The van der Waals surface area contributed by atoms with Gasteiger partial charge in [0.05, 0.1) is 11.9 Å². The molecule has 25 heavy (non-hydrogen) atoms. The number of carbonyl (C=O) groups excluding carboxylic acids is 2. The van der Waals surface area contributed by atoms with E-state index >= 15 is 0 Å². The van der Waals surface area contributed by atoms with Gasteiger partial charge < -0.3 is 60.4 Å². The van der Waals surface area contributed by atoms with Crippen molar-refractivity contribution < 1.29 is 117 Å². The van der Waals surface area contributed by atoms with E-state index in [1.165, 1.54) is 0 Å². The molecule has 16 nitrogen and oxygen atoms in total. The average molecular weight is 567 g/mol. The number of rotatable bonds is 2. The van der Waals surface area contributed by atoms with Gasteiger partial charge >= 0.3 is 51.2 Å². The second-order valence-electron chi connectivity index (χ2n) is 1.97. The van der Waals surface area contributed by atoms with Crippen LogP contribution in [0.2, 0.25) is 0 Å². The first-order chi connectivity index (χ1) is 8.54. The normalized spacial score (nSPS) is 7.60. The van der Waals surface area contributed by atoms with Crippen molar-refractivity contribution in [2.75, 3.05) is 13.1 Å². The van der Waals surface area contributed by atoms with Crippen molar-refractivity contribution in [1.82, 2.24) is 0 Å². The first kappa shape index (κ1) is 56.2. The van der Waals surface area contributed by atoms with E-state index in [-0.39, 0.29) is 75.2 Å². The van der Waals surface area contributed by atoms with Gasteiger partial charge in [-0.25, -0.2) is 0 Å². The summed E-state index contributed by atoms with van der Waals surface area (Å²) < 4.78 is 68.2. The van der Waals surface area contributed by atoms with E-state index in [0.717, 1.165) is 0 Å². The van der Waals surface area contributed by atoms with Crippen LogP contribution in [0.5, 0.6) is 0 Å². The van der Waals surface area contributed by atoms with Crippen LogP contribution in [0, 0.1) is 0 Å². The van der Waals surface area contributed by atoms with E-state index in [1.54, 1.807) is 0 Å². The third-order valence-corrected chi connectivity index (χ3v) is 0.333. The second kappa shape index (κ2) is 31.8. The fourth-order valence-corrected chi connectivity index (χ4v) is 0. The minimum atomic E-state index is -5.17. The van der Waals surface area contributed by atoms with Crippen molar-refractivity contribution in [3.05, 3.63) is 0 Å². The maximum absolute atomic E-state index is 9.13. The number of aliphatic carboxylic acids is 2. The summed E-state index contributed by atoms with van der Waals surface area (Å²) in [5.74, 6) is -2.44. The van der Waals surface area contributed by atoms with Crippen LogP contribution in [0.3, 0.4) is 0 Å². The van der Waals surface area contributed by atoms with Crippen LogP contribution >= 0.6 is 0 Å². The van der Waals surface area contributed by atoms with Crippen LogP contribution in [0.15, 0.2) is 0 Å². The largest absolute Gasteiger partial charge is 2.00 e. The van der Waals surface area contributed by atoms with Gasteiger partial charge in [-0.3, -0.25) is 16.8 Å². The van der Waals surface area contributed by atoms with E-state index in [1.807, 2.05) is 0 Å². The topological polar surface area (TPSA) is 356 Å². The van der Waals surface area contributed by atoms with Crippen molar-refractivity contribution in [3.63, 3.8) is 0 Å². The maximum Gasteiger partial charge on any atom is 2.00 e. The molecule has 8 N–H and O–H groups in total. The summed E-state index contributed by atoms with van der Waals surface area (Å²) in [6.07, 6.45) is 0. The minimum absolute atomic E-state index is 0. The third kappa shape index (κ3) is 706. The Balaban J connectivity index is -0.0000000183. The molecule has 0 atom stereocenters. The molecule has 0 aliphatic heterocycles. The van der Waals surface area contributed by atoms with Crippen molar-refractivity contribution in [1.29, 1.82) is 0 Å². The molecule has 0 spiro atoms. The van der Waals surface area contributed by atoms with E-state index in [4.69, 9.17) is 54.8 Å². The molecule has 0 unspecified atom stereocenters. The Kier molecular flexibility index (Phi) is 71.6. The zero-order valence-electron chi connectivity index (χ0n) is 11.2. The quantitative estimate of drug-likeness (QED) is 0.178. The van der Waals surface area contributed by atoms with Crippen molar-refractivity contribution in [2.45, 2.75) is 0 Å². The summed E-state index contributed by atoms with van der Waals surface area (Å²) in [7, 11) is -10.3. The molecule has 167 valence electrons. The Morgan fingerprint density at radius 1 is 0.640 bits per heavy atom. The molecule has 0 aliphatic carbocycles. The molecule has 0 rings (SSSR count). The third-order valence-electron chi connectivity index (χ3n) is 0.333. The number of hydrogen-bond acceptors (Lipinski definition) is 14. The Bertz CT molecular complexity index is 406. The number of carbonyl (C=O) groups is 2. The molecule has 3 radical (unpaired) electrons. The zero-order chi connectivity index (χ0) is 17.6. The van der Waals surface area contributed by atoms with Crippen molar-refractivity contribution >= 4 is 32.7 Å². The Morgan fingerprint density at radius 3 is 0.680 bits per heavy atom. The minimum Gasteiger partial charge on any atom is -0.759 e. The summed E-state index contributed by atoms with van der Waals surface area (Å²) in [6, 6.07) is 0. The number of carboxylic acids is 2. The van der Waals surface area contributed by atoms with Gasteiger partial charge in [0.1, 0.15) is 0 Å². The summed E-state index contributed by atoms with van der Waals surface area (Å²) in [5, 5.41) is 18.3. The van der Waals surface area contributed by atoms with Crippen LogP contribution in [0.1, 0.15) is 0 Å². The first-order valence-corrected chi connectivity index (χ1v) is 6.34. The molecule has 0 amide bonds. The van der Waals surface area contributed by atoms with Crippen LogP contribution < -0.4 is 21.7 Å². The molecule has 21 heteroatoms. The fraction of sp³-hybridized carbons (Fsp3) is 0.500. The Labute approximate surface area is 173 Å². The SMILES string of the molecule is NCC(=O)[O-].NCC(=O)[O-].O.O.O=S(=O)([O-])[O-].O=S(=O)([O-])[O-].[Cu+2].[Cu+2].[Cu+2]. The molecular formula is C4H12Cu3N2O14S2. The van der Waals surface area contributed by atoms with E-state index in [9.17, 15) is 0 Å². The monoisotopic (exact) mass is 565 g/mol. The van der Waals surface area contributed by atoms with Gasteiger partial charge in [-0.1, -0.05) is 0 Å². The van der Waals surface area contributed by atoms with Crippen LogP contribution in [0.4, 0.5) is 0 Å². The molecule has 0 aromatic heterocycles. The molecule has 0 aliphatic rings. The van der Waals surface area contributed by atoms with Gasteiger partial charge in [-0.15, -0.1) is 0 Å². The first-order valence-electron chi connectivity index (χ1n) is 3.67. The Morgan fingerprint density at radius 2 is 0.680 bits per heavy atom. The van der Waals surface area contributed by atoms with Gasteiger partial charge in [0.25, 0.3) is 0 Å². The van der Waals surface area contributed by atoms with Gasteiger partial charge in [-0.2, -0.15) is 0 Å². The number of carboxylic acid groups (broad SMARTS) is 2. The van der Waals surface area contributed by atoms with Gasteiger partial charge in [0, 0.05) is 33.9 Å². The van der Waals surface area contributed by atoms with E-state index in [0.29, 0.717) is 0 Å². The van der Waals surface area contributed by atoms with Gasteiger partial charge in [0.2, 0.25) is 0 Å². The second-order valence-corrected chi connectivity index (χ2v) is 3.60. The van der Waals surface area contributed by atoms with Crippen LogP contribution in [-0.4, -0.2) is 71.0 Å². The number of hydrogen-bond donors (Lipinski definition) is 2. The van der Waals surface area contributed by atoms with Crippen molar-refractivity contribution in [2.24, 2.45) is 11.5 Å². The molecule has 0 fully saturated rings. The summed E-state index contributed by atoms with van der Waals surface area (Å²) in [6.45, 7) is -0.778. The van der Waals surface area contributed by atoms with E-state index in [2.05, 4.69) is 11.5 Å². The molecule has 0 aromatic carbocycles. The molecule has 0 saturated carbocycles. The van der Waals surface area contributed by atoms with Gasteiger partial charge in [0.15, 0.2) is 0 Å². The molecule has 0 bridgehead atoms. The van der Waals surface area contributed by atoms with Crippen molar-refractivity contribution in [3.8, 4) is 0 Å². The standard InChI is InChI=1S/2C2H5NO2.3Cu.2H2O4S.2H2O/c2*3-1-2(4)5;;;;2*1-5(2,3)4;;/h2*1,3H2,(H,4,5);;;;2*(H2,1,2,3,4);2*1H2/q;;3*+2;;;;/p-6. The molecule has 0 heterocycles. The predicted molar refractivity (Wildman–Crippen MR) is 56.3 cm³/mol.